The minimum absolute atomic E-state index is 0.0179. The number of nitrogens with zero attached hydrogens (tertiary/aromatic N) is 1. The largest absolute Gasteiger partial charge is 0.462 e. The summed E-state index contributed by atoms with van der Waals surface area (Å²) < 4.78 is 33.0. The van der Waals surface area contributed by atoms with Crippen molar-refractivity contribution in [3.63, 3.8) is 0 Å². The number of hydrogen-bond donors (Lipinski definition) is 1. The minimum atomic E-state index is -4.08. The number of nitrogens with one attached hydrogen (secondary N) is 1. The highest BCUT2D eigenvalue weighted by Gasteiger charge is 2.27. The van der Waals surface area contributed by atoms with Crippen molar-refractivity contribution in [2.45, 2.75) is 31.2 Å². The summed E-state index contributed by atoms with van der Waals surface area (Å²) >= 11 is 18.0. The van der Waals surface area contributed by atoms with Gasteiger partial charge in [0.25, 0.3) is 0 Å². The first-order chi connectivity index (χ1) is 17.6. The Bertz CT molecular complexity index is 1350. The van der Waals surface area contributed by atoms with E-state index >= 15 is 0 Å². The molecule has 0 fully saturated rings. The van der Waals surface area contributed by atoms with Gasteiger partial charge in [0, 0.05) is 17.3 Å². The summed E-state index contributed by atoms with van der Waals surface area (Å²) in [6.45, 7) is 1.73. The number of amides is 1. The quantitative estimate of drug-likeness (QED) is 0.207. The molecule has 11 heteroatoms. The molecular formula is C26H25Cl3N2O5S. The first-order valence-electron chi connectivity index (χ1n) is 11.4. The Morgan fingerprint density at radius 2 is 1.59 bits per heavy atom. The van der Waals surface area contributed by atoms with Crippen molar-refractivity contribution in [1.29, 1.82) is 0 Å². The average molecular weight is 584 g/mol. The molecule has 0 heterocycles. The molecule has 196 valence electrons. The van der Waals surface area contributed by atoms with E-state index in [1.807, 2.05) is 6.92 Å². The van der Waals surface area contributed by atoms with Gasteiger partial charge in [-0.3, -0.25) is 4.79 Å². The van der Waals surface area contributed by atoms with Crippen molar-refractivity contribution in [2.75, 3.05) is 18.5 Å². The van der Waals surface area contributed by atoms with Crippen molar-refractivity contribution in [2.24, 2.45) is 0 Å². The molecule has 7 nitrogen and oxygen atoms in total. The smallest absolute Gasteiger partial charge is 0.338 e. The van der Waals surface area contributed by atoms with E-state index in [2.05, 4.69) is 5.32 Å². The molecule has 3 rings (SSSR count). The second kappa shape index (κ2) is 13.3. The first-order valence-corrected chi connectivity index (χ1v) is 13.9. The zero-order valence-electron chi connectivity index (χ0n) is 19.9. The topological polar surface area (TPSA) is 92.8 Å². The summed E-state index contributed by atoms with van der Waals surface area (Å²) in [5, 5.41) is 3.64. The number of unbranched alkanes of at least 4 members (excludes halogenated alkanes) is 1. The number of anilines is 1. The van der Waals surface area contributed by atoms with E-state index in [4.69, 9.17) is 39.5 Å². The molecule has 0 bridgehead atoms. The third-order valence-corrected chi connectivity index (χ3v) is 8.05. The Labute approximate surface area is 231 Å². The van der Waals surface area contributed by atoms with Gasteiger partial charge >= 0.3 is 5.97 Å². The minimum Gasteiger partial charge on any atom is -0.462 e. The predicted molar refractivity (Wildman–Crippen MR) is 146 cm³/mol. The molecular weight excluding hydrogens is 559 g/mol. The molecule has 0 atom stereocenters. The first kappa shape index (κ1) is 28.9. The third kappa shape index (κ3) is 8.18. The molecule has 0 aliphatic carbocycles. The fourth-order valence-corrected chi connectivity index (χ4v) is 5.10. The summed E-state index contributed by atoms with van der Waals surface area (Å²) in [4.78, 5) is 24.9. The monoisotopic (exact) mass is 582 g/mol. The van der Waals surface area contributed by atoms with Crippen molar-refractivity contribution in [1.82, 2.24) is 4.31 Å². The number of esters is 1. The fourth-order valence-electron chi connectivity index (χ4n) is 3.27. The van der Waals surface area contributed by atoms with Crippen LogP contribution in [0.3, 0.4) is 0 Å². The number of carbonyl (C=O) groups is 2. The second-order valence-electron chi connectivity index (χ2n) is 8.09. The summed E-state index contributed by atoms with van der Waals surface area (Å²) in [5.74, 6) is -1.02. The lowest BCUT2D eigenvalue weighted by molar-refractivity contribution is -0.116. The van der Waals surface area contributed by atoms with Gasteiger partial charge in [0.05, 0.1) is 33.7 Å². The van der Waals surface area contributed by atoms with Crippen molar-refractivity contribution < 1.29 is 22.7 Å². The van der Waals surface area contributed by atoms with Crippen molar-refractivity contribution in [3.8, 4) is 0 Å². The molecule has 0 saturated carbocycles. The van der Waals surface area contributed by atoms with Crippen LogP contribution in [-0.2, 0) is 26.1 Å². The summed E-state index contributed by atoms with van der Waals surface area (Å²) in [5.41, 5.74) is 1.29. The van der Waals surface area contributed by atoms with Crippen LogP contribution in [0, 0.1) is 0 Å². The summed E-state index contributed by atoms with van der Waals surface area (Å²) in [7, 11) is -4.08. The van der Waals surface area contributed by atoms with Crippen LogP contribution in [-0.4, -0.2) is 37.8 Å². The molecule has 0 radical (unpaired) electrons. The number of carbonyl (C=O) groups excluding carboxylic acids is 2. The molecule has 0 unspecified atom stereocenters. The maximum Gasteiger partial charge on any atom is 0.338 e. The Morgan fingerprint density at radius 3 is 2.22 bits per heavy atom. The van der Waals surface area contributed by atoms with Crippen LogP contribution in [0.15, 0.2) is 71.6 Å². The highest BCUT2D eigenvalue weighted by molar-refractivity contribution is 7.89. The number of ether oxygens (including phenoxy) is 1. The van der Waals surface area contributed by atoms with Gasteiger partial charge in [0.1, 0.15) is 0 Å². The molecule has 3 aromatic carbocycles. The van der Waals surface area contributed by atoms with Gasteiger partial charge in [-0.25, -0.2) is 13.2 Å². The van der Waals surface area contributed by atoms with Crippen molar-refractivity contribution in [3.05, 3.63) is 92.9 Å². The Kier molecular flexibility index (Phi) is 10.4. The van der Waals surface area contributed by atoms with E-state index in [9.17, 15) is 18.0 Å². The van der Waals surface area contributed by atoms with E-state index < -0.39 is 28.4 Å². The SMILES string of the molecule is CCCCOC(=O)c1ccc(NC(=O)CN(Cc2ccc(Cl)c(Cl)c2)S(=O)(=O)c2ccc(Cl)cc2)cc1. The van der Waals surface area contributed by atoms with Gasteiger partial charge in [-0.1, -0.05) is 54.2 Å². The maximum absolute atomic E-state index is 13.4. The third-order valence-electron chi connectivity index (χ3n) is 5.25. The van der Waals surface area contributed by atoms with Crippen LogP contribution in [0.25, 0.3) is 0 Å². The molecule has 0 aliphatic rings. The number of hydrogen-bond acceptors (Lipinski definition) is 5. The second-order valence-corrected chi connectivity index (χ2v) is 11.3. The van der Waals surface area contributed by atoms with Gasteiger partial charge in [-0.05, 0) is 72.6 Å². The lowest BCUT2D eigenvalue weighted by Crippen LogP contribution is -2.37. The molecule has 1 amide bonds. The lowest BCUT2D eigenvalue weighted by atomic mass is 10.2. The lowest BCUT2D eigenvalue weighted by Gasteiger charge is -2.22. The molecule has 3 aromatic rings. The van der Waals surface area contributed by atoms with Crippen LogP contribution in [0.2, 0.25) is 15.1 Å². The summed E-state index contributed by atoms with van der Waals surface area (Å²) in [6, 6.07) is 16.5. The van der Waals surface area contributed by atoms with Gasteiger partial charge in [0.2, 0.25) is 15.9 Å². The highest BCUT2D eigenvalue weighted by atomic mass is 35.5. The summed E-state index contributed by atoms with van der Waals surface area (Å²) in [6.07, 6.45) is 1.69. The van der Waals surface area contributed by atoms with Crippen LogP contribution >= 0.6 is 34.8 Å². The molecule has 37 heavy (non-hydrogen) atoms. The zero-order valence-corrected chi connectivity index (χ0v) is 23.0. The number of benzene rings is 3. The van der Waals surface area contributed by atoms with Crippen LogP contribution in [0.5, 0.6) is 0 Å². The van der Waals surface area contributed by atoms with Gasteiger partial charge < -0.3 is 10.1 Å². The Hall–Kier alpha value is -2.62. The number of rotatable bonds is 11. The zero-order chi connectivity index (χ0) is 27.0. The van der Waals surface area contributed by atoms with E-state index in [0.717, 1.165) is 17.1 Å². The Morgan fingerprint density at radius 1 is 0.919 bits per heavy atom. The van der Waals surface area contributed by atoms with Gasteiger partial charge in [-0.15, -0.1) is 0 Å². The van der Waals surface area contributed by atoms with Gasteiger partial charge in [0.15, 0.2) is 0 Å². The highest BCUT2D eigenvalue weighted by Crippen LogP contribution is 2.26. The van der Waals surface area contributed by atoms with Crippen LogP contribution < -0.4 is 5.32 Å². The Balaban J connectivity index is 1.77. The van der Waals surface area contributed by atoms with Crippen LogP contribution in [0.1, 0.15) is 35.7 Å². The number of sulfonamides is 1. The van der Waals surface area contributed by atoms with Crippen molar-refractivity contribution >= 4 is 62.4 Å². The molecule has 0 saturated heterocycles. The average Bonchev–Trinajstić information content (AvgIpc) is 2.86. The maximum atomic E-state index is 13.4. The molecule has 0 spiro atoms. The van der Waals surface area contributed by atoms with E-state index in [-0.39, 0.29) is 16.5 Å². The molecule has 0 aliphatic heterocycles. The van der Waals surface area contributed by atoms with E-state index in [0.29, 0.717) is 33.5 Å². The van der Waals surface area contributed by atoms with Gasteiger partial charge in [-0.2, -0.15) is 4.31 Å². The van der Waals surface area contributed by atoms with E-state index in [1.54, 1.807) is 30.3 Å². The fraction of sp³-hybridized carbons (Fsp3) is 0.231. The normalized spacial score (nSPS) is 11.4. The number of halogens is 3. The molecule has 0 aromatic heterocycles. The predicted octanol–water partition coefficient (Wildman–Crippen LogP) is 6.43. The molecule has 1 N–H and O–H groups in total. The standard InChI is InChI=1S/C26H25Cl3N2O5S/c1-2-3-14-36-26(33)19-5-9-21(10-6-19)30-25(32)17-31(16-18-4-13-23(28)24(29)15-18)37(34,35)22-11-7-20(27)8-12-22/h4-13,15H,2-3,14,16-17H2,1H3,(H,30,32). The van der Waals surface area contributed by atoms with E-state index in [1.165, 1.54) is 36.4 Å². The van der Waals surface area contributed by atoms with Crippen LogP contribution in [0.4, 0.5) is 5.69 Å².